The second-order valence-corrected chi connectivity index (χ2v) is 15.8. The van der Waals surface area contributed by atoms with Crippen LogP contribution in [-0.4, -0.2) is 72.3 Å². The van der Waals surface area contributed by atoms with Crippen molar-refractivity contribution in [2.24, 2.45) is 0 Å². The maximum Gasteiger partial charge on any atom is 0.306 e. The molecule has 0 radical (unpaired) electrons. The van der Waals surface area contributed by atoms with Crippen LogP contribution in [0, 0.1) is 0 Å². The van der Waals surface area contributed by atoms with Crippen molar-refractivity contribution in [3.8, 4) is 11.5 Å². The fraction of sp³-hybridized carbons (Fsp3) is 0.558. The molecule has 2 aromatic carbocycles. The van der Waals surface area contributed by atoms with E-state index in [1.807, 2.05) is 85.7 Å². The summed E-state index contributed by atoms with van der Waals surface area (Å²) >= 11 is 0. The first-order chi connectivity index (χ1) is 25.7. The minimum atomic E-state index is -0.541. The van der Waals surface area contributed by atoms with Gasteiger partial charge in [0, 0.05) is 26.3 Å². The van der Waals surface area contributed by atoms with Gasteiger partial charge < -0.3 is 35.1 Å². The molecule has 0 aliphatic carbocycles. The number of phenolic OH excluding ortho intramolecular Hbond substituents is 2. The summed E-state index contributed by atoms with van der Waals surface area (Å²) in [6.45, 7) is 18.4. The molecule has 2 rings (SSSR count). The maximum atomic E-state index is 12.5. The molecule has 2 unspecified atom stereocenters. The van der Waals surface area contributed by atoms with Gasteiger partial charge >= 0.3 is 17.9 Å². The molecule has 0 spiro atoms. The van der Waals surface area contributed by atoms with Crippen molar-refractivity contribution in [2.75, 3.05) is 26.4 Å². The highest BCUT2D eigenvalue weighted by molar-refractivity contribution is 5.81. The number of benzene rings is 2. The number of carbonyl (C=O) groups is 5. The lowest BCUT2D eigenvalue weighted by Gasteiger charge is -2.24. The Morgan fingerprint density at radius 2 is 1.22 bits per heavy atom. The maximum absolute atomic E-state index is 12.5. The summed E-state index contributed by atoms with van der Waals surface area (Å²) in [5.41, 5.74) is 4.68. The number of nitrogens with one attached hydrogen (secondary N) is 2. The number of aromatic hydroxyl groups is 2. The van der Waals surface area contributed by atoms with Crippen molar-refractivity contribution >= 4 is 29.7 Å². The number of ether oxygens (including phenoxy) is 3. The zero-order valence-electron chi connectivity index (χ0n) is 34.3. The van der Waals surface area contributed by atoms with E-state index in [4.69, 9.17) is 14.2 Å². The van der Waals surface area contributed by atoms with Crippen molar-refractivity contribution in [3.05, 3.63) is 69.8 Å². The number of carbonyl (C=O) groups excluding carboxylic acids is 5. The highest BCUT2D eigenvalue weighted by atomic mass is 16.5. The Bertz CT molecular complexity index is 1670. The smallest absolute Gasteiger partial charge is 0.306 e. The summed E-state index contributed by atoms with van der Waals surface area (Å²) in [5, 5.41) is 27.2. The summed E-state index contributed by atoms with van der Waals surface area (Å²) < 4.78 is 15.2. The van der Waals surface area contributed by atoms with E-state index in [0.717, 1.165) is 33.4 Å². The Morgan fingerprint density at radius 1 is 0.709 bits per heavy atom. The van der Waals surface area contributed by atoms with Crippen LogP contribution >= 0.6 is 0 Å². The van der Waals surface area contributed by atoms with Crippen molar-refractivity contribution in [2.45, 2.75) is 131 Å². The predicted molar refractivity (Wildman–Crippen MR) is 211 cm³/mol. The minimum absolute atomic E-state index is 0.0173. The van der Waals surface area contributed by atoms with Gasteiger partial charge in [0.25, 0.3) is 11.8 Å². The molecule has 304 valence electrons. The predicted octanol–water partition coefficient (Wildman–Crippen LogP) is 6.53. The summed E-state index contributed by atoms with van der Waals surface area (Å²) in [7, 11) is 0. The number of hydrogen-bond donors (Lipinski definition) is 4. The first kappa shape index (κ1) is 46.3. The van der Waals surface area contributed by atoms with Crippen LogP contribution in [0.3, 0.4) is 0 Å². The number of allylic oxidation sites excluding steroid dienone is 1. The SMILES string of the molecule is CC(=O)OCC(C)NC(=O)COC(=O)CCc1cc(C(C)C)c(O)c(C(C)C/C=C/CNC(=O)COC(=O)CCc2cc(C(C)C)c(O)c(C(C)(C)C)c2)c1. The molecular weight excluding hydrogens is 704 g/mol. The highest BCUT2D eigenvalue weighted by Crippen LogP contribution is 2.38. The van der Waals surface area contributed by atoms with Gasteiger partial charge in [-0.05, 0) is 82.7 Å². The minimum Gasteiger partial charge on any atom is -0.507 e. The molecule has 12 nitrogen and oxygen atoms in total. The second-order valence-electron chi connectivity index (χ2n) is 15.8. The van der Waals surface area contributed by atoms with Crippen molar-refractivity contribution in [1.29, 1.82) is 0 Å². The molecule has 2 atom stereocenters. The number of rotatable bonds is 20. The van der Waals surface area contributed by atoms with Crippen molar-refractivity contribution in [3.63, 3.8) is 0 Å². The largest absolute Gasteiger partial charge is 0.507 e. The molecule has 2 aromatic rings. The third-order valence-electron chi connectivity index (χ3n) is 8.99. The number of phenols is 2. The Kier molecular flexibility index (Phi) is 18.4. The quantitative estimate of drug-likeness (QED) is 0.0659. The van der Waals surface area contributed by atoms with Crippen LogP contribution in [0.25, 0.3) is 0 Å². The molecule has 2 amide bonds. The molecule has 0 bridgehead atoms. The topological polar surface area (TPSA) is 178 Å². The number of amides is 2. The van der Waals surface area contributed by atoms with Crippen molar-refractivity contribution < 1.29 is 48.4 Å². The standard InChI is InChI=1S/C43H62N2O10/c1-26(2)33-19-31(14-16-40(50)55-25-38(48)45-29(6)23-53-30(7)46)21-35(41(33)51)28(5)13-11-12-18-44-37(47)24-54-39(49)17-15-32-20-34(27(3)4)42(52)36(22-32)43(8,9)10/h11-12,19-22,26-29,51-52H,13-18,23-25H2,1-10H3,(H,44,47)(H,45,48)/b12-11+. The van der Waals surface area contributed by atoms with E-state index in [1.165, 1.54) is 6.92 Å². The van der Waals surface area contributed by atoms with Crippen LogP contribution in [-0.2, 0) is 56.4 Å². The molecule has 0 aromatic heterocycles. The van der Waals surface area contributed by atoms with Crippen LogP contribution in [0.15, 0.2) is 36.4 Å². The summed E-state index contributed by atoms with van der Waals surface area (Å²) in [6, 6.07) is 7.18. The van der Waals surface area contributed by atoms with Crippen LogP contribution in [0.2, 0.25) is 0 Å². The Morgan fingerprint density at radius 3 is 1.75 bits per heavy atom. The average Bonchev–Trinajstić information content (AvgIpc) is 3.10. The molecule has 0 fully saturated rings. The molecule has 0 aliphatic rings. The van der Waals surface area contributed by atoms with Crippen molar-refractivity contribution in [1.82, 2.24) is 10.6 Å². The van der Waals surface area contributed by atoms with E-state index in [0.29, 0.717) is 25.0 Å². The number of hydrogen-bond acceptors (Lipinski definition) is 10. The highest BCUT2D eigenvalue weighted by Gasteiger charge is 2.23. The van der Waals surface area contributed by atoms with Gasteiger partial charge in [-0.25, -0.2) is 0 Å². The van der Waals surface area contributed by atoms with Gasteiger partial charge in [-0.2, -0.15) is 0 Å². The van der Waals surface area contributed by atoms with E-state index in [2.05, 4.69) is 10.6 Å². The Labute approximate surface area is 326 Å². The van der Waals surface area contributed by atoms with Crippen LogP contribution < -0.4 is 10.6 Å². The third-order valence-corrected chi connectivity index (χ3v) is 8.99. The average molecular weight is 767 g/mol. The molecule has 12 heteroatoms. The molecule has 0 saturated heterocycles. The van der Waals surface area contributed by atoms with E-state index >= 15 is 0 Å². The van der Waals surface area contributed by atoms with Gasteiger partial charge in [-0.3, -0.25) is 24.0 Å². The van der Waals surface area contributed by atoms with Gasteiger partial charge in [0.05, 0.1) is 6.04 Å². The van der Waals surface area contributed by atoms with Gasteiger partial charge in [0.15, 0.2) is 13.2 Å². The Balaban J connectivity index is 1.85. The normalized spacial score (nSPS) is 12.7. The number of aryl methyl sites for hydroxylation is 2. The zero-order chi connectivity index (χ0) is 41.5. The summed E-state index contributed by atoms with van der Waals surface area (Å²) in [4.78, 5) is 60.2. The zero-order valence-corrected chi connectivity index (χ0v) is 34.3. The van der Waals surface area contributed by atoms with Gasteiger partial charge in [0.2, 0.25) is 0 Å². The molecule has 4 N–H and O–H groups in total. The Hall–Kier alpha value is -4.87. The molecule has 0 heterocycles. The van der Waals surface area contributed by atoms with E-state index in [1.54, 1.807) is 13.0 Å². The molecule has 0 aliphatic heterocycles. The van der Waals surface area contributed by atoms with Crippen LogP contribution in [0.5, 0.6) is 11.5 Å². The van der Waals surface area contributed by atoms with E-state index < -0.39 is 42.4 Å². The lowest BCUT2D eigenvalue weighted by molar-refractivity contribution is -0.149. The lowest BCUT2D eigenvalue weighted by Crippen LogP contribution is -2.38. The summed E-state index contributed by atoms with van der Waals surface area (Å²) in [6.07, 6.45) is 5.19. The van der Waals surface area contributed by atoms with Gasteiger partial charge in [-0.1, -0.05) is 91.8 Å². The molecule has 0 saturated carbocycles. The van der Waals surface area contributed by atoms with E-state index in [9.17, 15) is 34.2 Å². The lowest BCUT2D eigenvalue weighted by atomic mass is 9.82. The first-order valence-electron chi connectivity index (χ1n) is 19.1. The van der Waals surface area contributed by atoms with Crippen LogP contribution in [0.4, 0.5) is 0 Å². The van der Waals surface area contributed by atoms with Gasteiger partial charge in [-0.15, -0.1) is 0 Å². The monoisotopic (exact) mass is 766 g/mol. The van der Waals surface area contributed by atoms with Crippen LogP contribution in [0.1, 0.15) is 140 Å². The summed E-state index contributed by atoms with van der Waals surface area (Å²) in [5.74, 6) is -1.84. The van der Waals surface area contributed by atoms with Gasteiger partial charge in [0.1, 0.15) is 18.1 Å². The second kappa shape index (κ2) is 21.9. The first-order valence-corrected chi connectivity index (χ1v) is 19.1. The number of esters is 3. The van der Waals surface area contributed by atoms with E-state index in [-0.39, 0.29) is 61.5 Å². The fourth-order valence-electron chi connectivity index (χ4n) is 5.84. The molecule has 55 heavy (non-hydrogen) atoms. The molecular formula is C43H62N2O10. The fourth-order valence-corrected chi connectivity index (χ4v) is 5.84. The third kappa shape index (κ3) is 16.2.